The minimum absolute atomic E-state index is 0.206. The normalized spacial score (nSPS) is 19.6. The van der Waals surface area contributed by atoms with Gasteiger partial charge in [-0.3, -0.25) is 4.79 Å². The molecular weight excluding hydrogens is 303 g/mol. The Morgan fingerprint density at radius 1 is 1.29 bits per heavy atom. The van der Waals surface area contributed by atoms with Gasteiger partial charge in [0.05, 0.1) is 5.56 Å². The maximum absolute atomic E-state index is 12.5. The molecule has 1 aliphatic heterocycles. The zero-order valence-corrected chi connectivity index (χ0v) is 12.3. The van der Waals surface area contributed by atoms with Gasteiger partial charge in [0.15, 0.2) is 0 Å². The smallest absolute Gasteiger partial charge is 0.338 e. The van der Waals surface area contributed by atoms with Crippen LogP contribution < -0.4 is 0 Å². The van der Waals surface area contributed by atoms with Crippen LogP contribution >= 0.6 is 11.6 Å². The molecule has 1 heterocycles. The van der Waals surface area contributed by atoms with E-state index in [1.807, 2.05) is 0 Å². The van der Waals surface area contributed by atoms with Crippen molar-refractivity contribution in [3.8, 4) is 0 Å². The Hall–Kier alpha value is -1.23. The highest BCUT2D eigenvalue weighted by Gasteiger charge is 2.31. The summed E-state index contributed by atoms with van der Waals surface area (Å²) in [5.74, 6) is 0.741. The van der Waals surface area contributed by atoms with Crippen LogP contribution in [0.3, 0.4) is 0 Å². The van der Waals surface area contributed by atoms with Gasteiger partial charge in [-0.05, 0) is 49.4 Å². The second-order valence-corrected chi connectivity index (χ2v) is 5.69. The van der Waals surface area contributed by atoms with Crippen molar-refractivity contribution in [3.63, 3.8) is 0 Å². The molecule has 2 nitrogen and oxygen atoms in total. The number of carbonyl (C=O) groups excluding carboxylic acids is 1. The van der Waals surface area contributed by atoms with E-state index >= 15 is 0 Å². The average molecular weight is 320 g/mol. The van der Waals surface area contributed by atoms with Gasteiger partial charge in [-0.2, -0.15) is 13.2 Å². The third-order valence-electron chi connectivity index (χ3n) is 3.78. The molecule has 1 saturated heterocycles. The number of rotatable bonds is 3. The Morgan fingerprint density at radius 3 is 2.52 bits per heavy atom. The molecule has 0 N–H and O–H groups in total. The first-order chi connectivity index (χ1) is 9.91. The molecular formula is C15H17ClF3NO. The van der Waals surface area contributed by atoms with Crippen molar-refractivity contribution < 1.29 is 18.0 Å². The Labute approximate surface area is 126 Å². The maximum Gasteiger partial charge on any atom is 0.416 e. The SMILES string of the molecule is O=C(c1ccc(C(F)(F)F)cc1)N1CCCC(CCCl)C1. The van der Waals surface area contributed by atoms with Crippen LogP contribution in [-0.2, 0) is 6.18 Å². The van der Waals surface area contributed by atoms with E-state index in [2.05, 4.69) is 0 Å². The summed E-state index contributed by atoms with van der Waals surface area (Å²) in [4.78, 5) is 14.0. The Balaban J connectivity index is 2.05. The fraction of sp³-hybridized carbons (Fsp3) is 0.533. The fourth-order valence-electron chi connectivity index (χ4n) is 2.62. The minimum atomic E-state index is -4.38. The molecule has 1 atom stereocenters. The zero-order chi connectivity index (χ0) is 15.5. The molecule has 0 saturated carbocycles. The van der Waals surface area contributed by atoms with Crippen molar-refractivity contribution >= 4 is 17.5 Å². The number of amides is 1. The molecule has 0 aromatic heterocycles. The lowest BCUT2D eigenvalue weighted by atomic mass is 9.95. The fourth-order valence-corrected chi connectivity index (χ4v) is 2.93. The quantitative estimate of drug-likeness (QED) is 0.765. The number of carbonyl (C=O) groups is 1. The molecule has 0 radical (unpaired) electrons. The van der Waals surface area contributed by atoms with Gasteiger partial charge in [-0.1, -0.05) is 0 Å². The summed E-state index contributed by atoms with van der Waals surface area (Å²) in [5.41, 5.74) is -0.438. The molecule has 1 aliphatic rings. The van der Waals surface area contributed by atoms with Gasteiger partial charge in [0.2, 0.25) is 0 Å². The number of likely N-dealkylation sites (tertiary alicyclic amines) is 1. The van der Waals surface area contributed by atoms with Crippen molar-refractivity contribution in [2.75, 3.05) is 19.0 Å². The second kappa shape index (κ2) is 6.69. The summed E-state index contributed by atoms with van der Waals surface area (Å²) in [6, 6.07) is 4.40. The van der Waals surface area contributed by atoms with Gasteiger partial charge in [-0.25, -0.2) is 0 Å². The summed E-state index contributed by atoms with van der Waals surface area (Å²) in [6.07, 6.45) is -1.56. The zero-order valence-electron chi connectivity index (χ0n) is 11.5. The van der Waals surface area contributed by atoms with Crippen LogP contribution in [0, 0.1) is 5.92 Å². The van der Waals surface area contributed by atoms with Crippen LogP contribution in [-0.4, -0.2) is 29.8 Å². The van der Waals surface area contributed by atoms with Crippen molar-refractivity contribution in [2.24, 2.45) is 5.92 Å². The number of nitrogens with zero attached hydrogens (tertiary/aromatic N) is 1. The van der Waals surface area contributed by atoms with E-state index in [1.54, 1.807) is 4.90 Å². The van der Waals surface area contributed by atoms with E-state index in [0.717, 1.165) is 31.4 Å². The van der Waals surface area contributed by atoms with Gasteiger partial charge in [0.1, 0.15) is 0 Å². The van der Waals surface area contributed by atoms with Gasteiger partial charge in [0, 0.05) is 24.5 Å². The Morgan fingerprint density at radius 2 is 1.95 bits per heavy atom. The van der Waals surface area contributed by atoms with Crippen molar-refractivity contribution in [3.05, 3.63) is 35.4 Å². The lowest BCUT2D eigenvalue weighted by molar-refractivity contribution is -0.137. The van der Waals surface area contributed by atoms with Crippen molar-refractivity contribution in [1.29, 1.82) is 0 Å². The van der Waals surface area contributed by atoms with Crippen molar-refractivity contribution in [1.82, 2.24) is 4.90 Å². The largest absolute Gasteiger partial charge is 0.416 e. The van der Waals surface area contributed by atoms with E-state index < -0.39 is 11.7 Å². The molecule has 0 bridgehead atoms. The molecule has 116 valence electrons. The standard InChI is InChI=1S/C15H17ClF3NO/c16-8-7-11-2-1-9-20(10-11)14(21)12-3-5-13(6-4-12)15(17,18)19/h3-6,11H,1-2,7-10H2. The van der Waals surface area contributed by atoms with Gasteiger partial charge in [0.25, 0.3) is 5.91 Å². The topological polar surface area (TPSA) is 20.3 Å². The lowest BCUT2D eigenvalue weighted by Gasteiger charge is -2.32. The first-order valence-corrected chi connectivity index (χ1v) is 7.48. The molecule has 6 heteroatoms. The Kier molecular flexibility index (Phi) is 5.14. The van der Waals surface area contributed by atoms with Crippen LogP contribution in [0.1, 0.15) is 35.2 Å². The van der Waals surface area contributed by atoms with Gasteiger partial charge in [-0.15, -0.1) is 11.6 Å². The number of piperidine rings is 1. The third-order valence-corrected chi connectivity index (χ3v) is 4.00. The first kappa shape index (κ1) is 16.1. The van der Waals surface area contributed by atoms with Gasteiger partial charge >= 0.3 is 6.18 Å². The third kappa shape index (κ3) is 4.13. The molecule has 21 heavy (non-hydrogen) atoms. The molecule has 1 unspecified atom stereocenters. The molecule has 0 spiro atoms. The van der Waals surface area contributed by atoms with Crippen LogP contribution in [0.15, 0.2) is 24.3 Å². The van der Waals surface area contributed by atoms with E-state index in [0.29, 0.717) is 30.5 Å². The summed E-state index contributed by atoms with van der Waals surface area (Å²) in [5, 5.41) is 0. The summed E-state index contributed by atoms with van der Waals surface area (Å²) in [7, 11) is 0. The number of benzene rings is 1. The van der Waals surface area contributed by atoms with E-state index in [9.17, 15) is 18.0 Å². The van der Waals surface area contributed by atoms with Crippen LogP contribution in [0.2, 0.25) is 0 Å². The van der Waals surface area contributed by atoms with Crippen LogP contribution in [0.5, 0.6) is 0 Å². The van der Waals surface area contributed by atoms with Crippen LogP contribution in [0.4, 0.5) is 13.2 Å². The summed E-state index contributed by atoms with van der Waals surface area (Å²) in [6.45, 7) is 1.28. The molecule has 1 aromatic rings. The minimum Gasteiger partial charge on any atom is -0.338 e. The number of hydrogen-bond acceptors (Lipinski definition) is 1. The molecule has 1 fully saturated rings. The van der Waals surface area contributed by atoms with E-state index in [-0.39, 0.29) is 5.91 Å². The molecule has 0 aliphatic carbocycles. The average Bonchev–Trinajstić information content (AvgIpc) is 2.46. The number of halogens is 4. The van der Waals surface area contributed by atoms with Crippen LogP contribution in [0.25, 0.3) is 0 Å². The predicted octanol–water partition coefficient (Wildman–Crippen LogP) is 4.19. The summed E-state index contributed by atoms with van der Waals surface area (Å²) >= 11 is 5.73. The second-order valence-electron chi connectivity index (χ2n) is 5.31. The van der Waals surface area contributed by atoms with Gasteiger partial charge < -0.3 is 4.90 Å². The Bertz CT molecular complexity index is 485. The van der Waals surface area contributed by atoms with E-state index in [1.165, 1.54) is 12.1 Å². The monoisotopic (exact) mass is 319 g/mol. The highest BCUT2D eigenvalue weighted by molar-refractivity contribution is 6.17. The number of alkyl halides is 4. The molecule has 2 rings (SSSR count). The maximum atomic E-state index is 12.5. The highest BCUT2D eigenvalue weighted by Crippen LogP contribution is 2.29. The number of hydrogen-bond donors (Lipinski definition) is 0. The lowest BCUT2D eigenvalue weighted by Crippen LogP contribution is -2.40. The predicted molar refractivity (Wildman–Crippen MR) is 75.4 cm³/mol. The molecule has 1 amide bonds. The first-order valence-electron chi connectivity index (χ1n) is 6.94. The van der Waals surface area contributed by atoms with Crippen molar-refractivity contribution in [2.45, 2.75) is 25.4 Å². The summed E-state index contributed by atoms with van der Waals surface area (Å²) < 4.78 is 37.5. The highest BCUT2D eigenvalue weighted by atomic mass is 35.5. The van der Waals surface area contributed by atoms with E-state index in [4.69, 9.17) is 11.6 Å². The molecule has 1 aromatic carbocycles.